The lowest BCUT2D eigenvalue weighted by Crippen LogP contribution is -2.36. The van der Waals surface area contributed by atoms with Gasteiger partial charge in [0.1, 0.15) is 11.3 Å². The van der Waals surface area contributed by atoms with Crippen LogP contribution in [0, 0.1) is 24.5 Å². The van der Waals surface area contributed by atoms with Gasteiger partial charge in [-0.15, -0.1) is 23.0 Å². The minimum atomic E-state index is -0.816. The molecule has 5 rings (SSSR count). The molecule has 1 atom stereocenters. The molecule has 0 bridgehead atoms. The number of halogens is 2. The van der Waals surface area contributed by atoms with Crippen LogP contribution in [0.25, 0.3) is 16.6 Å². The smallest absolute Gasteiger partial charge is 0.318 e. The van der Waals surface area contributed by atoms with Crippen molar-refractivity contribution in [1.82, 2.24) is 34.7 Å². The highest BCUT2D eigenvalue weighted by Gasteiger charge is 2.25. The maximum atomic E-state index is 14.1. The summed E-state index contributed by atoms with van der Waals surface area (Å²) in [4.78, 5) is 24.7. The molecule has 4 heterocycles. The summed E-state index contributed by atoms with van der Waals surface area (Å²) in [7, 11) is 1.68. The van der Waals surface area contributed by atoms with Crippen molar-refractivity contribution in [3.63, 3.8) is 0 Å². The second kappa shape index (κ2) is 11.3. The third kappa shape index (κ3) is 5.32. The number of terminal acetylenes is 1. The Morgan fingerprint density at radius 2 is 1.95 bits per heavy atom. The molecule has 1 fully saturated rings. The molecular formula is C24H27F2N9O3. The number of nitrogens with two attached hydrogens (primary N) is 1. The summed E-state index contributed by atoms with van der Waals surface area (Å²) < 4.78 is 40.1. The van der Waals surface area contributed by atoms with Gasteiger partial charge in [-0.3, -0.25) is 4.79 Å². The number of carbonyl (C=O) groups excluding carboxylic acids is 1. The van der Waals surface area contributed by atoms with Crippen molar-refractivity contribution in [3.05, 3.63) is 35.5 Å². The Morgan fingerprint density at radius 1 is 1.21 bits per heavy atom. The maximum Gasteiger partial charge on any atom is 0.318 e. The van der Waals surface area contributed by atoms with Crippen LogP contribution in [0.15, 0.2) is 16.5 Å². The van der Waals surface area contributed by atoms with E-state index in [4.69, 9.17) is 14.9 Å². The van der Waals surface area contributed by atoms with Gasteiger partial charge < -0.3 is 24.7 Å². The summed E-state index contributed by atoms with van der Waals surface area (Å²) in [5.74, 6) is -1.58. The first-order chi connectivity index (χ1) is 18.3. The van der Waals surface area contributed by atoms with Crippen molar-refractivity contribution in [1.29, 1.82) is 0 Å². The van der Waals surface area contributed by atoms with Crippen LogP contribution in [0.3, 0.4) is 0 Å². The van der Waals surface area contributed by atoms with Crippen LogP contribution in [0.4, 0.5) is 20.7 Å². The third-order valence-corrected chi connectivity index (χ3v) is 6.25. The SMILES string of the molecule is C#C.C[C@@H](CCCc1nc2c3cc(F)cc(F)c3nc(N)n2n1)N(C)C(=O)c1nnc(N2CCOCC2)o1. The molecule has 1 amide bonds. The topological polar surface area (TPSA) is 141 Å². The number of aryl methyl sites for hydroxylation is 1. The van der Waals surface area contributed by atoms with Crippen LogP contribution < -0.4 is 10.6 Å². The molecule has 0 saturated carbocycles. The highest BCUT2D eigenvalue weighted by molar-refractivity contribution is 5.92. The number of aromatic nitrogens is 6. The van der Waals surface area contributed by atoms with Crippen LogP contribution in [0.5, 0.6) is 0 Å². The highest BCUT2D eigenvalue weighted by Crippen LogP contribution is 2.24. The van der Waals surface area contributed by atoms with Gasteiger partial charge in [-0.25, -0.2) is 18.7 Å². The van der Waals surface area contributed by atoms with Crippen molar-refractivity contribution in [2.45, 2.75) is 32.2 Å². The zero-order chi connectivity index (χ0) is 27.4. The molecule has 14 heteroatoms. The number of morpholine rings is 1. The number of amides is 1. The minimum Gasteiger partial charge on any atom is -0.399 e. The summed E-state index contributed by atoms with van der Waals surface area (Å²) >= 11 is 0. The number of nitrogen functional groups attached to an aromatic ring is 1. The van der Waals surface area contributed by atoms with Crippen molar-refractivity contribution >= 4 is 34.4 Å². The number of hydrogen-bond donors (Lipinski definition) is 1. The monoisotopic (exact) mass is 527 g/mol. The predicted octanol–water partition coefficient (Wildman–Crippen LogP) is 2.09. The van der Waals surface area contributed by atoms with Crippen molar-refractivity contribution in [2.75, 3.05) is 44.0 Å². The molecule has 0 unspecified atom stereocenters. The normalized spacial score (nSPS) is 14.3. The molecule has 12 nitrogen and oxygen atoms in total. The molecule has 0 aliphatic carbocycles. The van der Waals surface area contributed by atoms with E-state index in [2.05, 4.69) is 38.1 Å². The van der Waals surface area contributed by atoms with Crippen molar-refractivity contribution in [3.8, 4) is 12.8 Å². The molecule has 0 spiro atoms. The minimum absolute atomic E-state index is 0.0449. The van der Waals surface area contributed by atoms with E-state index < -0.39 is 11.6 Å². The number of hydrogen-bond acceptors (Lipinski definition) is 10. The molecule has 3 aromatic heterocycles. The number of anilines is 2. The van der Waals surface area contributed by atoms with Crippen LogP contribution in [-0.2, 0) is 11.2 Å². The van der Waals surface area contributed by atoms with E-state index >= 15 is 0 Å². The summed E-state index contributed by atoms with van der Waals surface area (Å²) in [6.07, 6.45) is 9.75. The number of carbonyl (C=O) groups is 1. The van der Waals surface area contributed by atoms with Gasteiger partial charge in [-0.1, -0.05) is 5.10 Å². The lowest BCUT2D eigenvalue weighted by Gasteiger charge is -2.24. The molecule has 0 radical (unpaired) electrons. The zero-order valence-electron chi connectivity index (χ0n) is 21.0. The number of nitrogens with zero attached hydrogens (tertiary/aromatic N) is 8. The Hall–Kier alpha value is -4.38. The van der Waals surface area contributed by atoms with Crippen LogP contribution >= 0.6 is 0 Å². The van der Waals surface area contributed by atoms with E-state index in [9.17, 15) is 13.6 Å². The molecule has 1 aliphatic heterocycles. The highest BCUT2D eigenvalue weighted by atomic mass is 19.1. The first-order valence-corrected chi connectivity index (χ1v) is 11.9. The quantitative estimate of drug-likeness (QED) is 0.355. The summed E-state index contributed by atoms with van der Waals surface area (Å²) in [5, 5.41) is 12.4. The number of ether oxygens (including phenoxy) is 1. The average molecular weight is 528 g/mol. The second-order valence-corrected chi connectivity index (χ2v) is 8.66. The molecule has 1 aromatic carbocycles. The molecule has 1 saturated heterocycles. The van der Waals surface area contributed by atoms with Crippen LogP contribution in [-0.4, -0.2) is 80.0 Å². The van der Waals surface area contributed by atoms with Gasteiger partial charge in [0.05, 0.1) is 18.6 Å². The van der Waals surface area contributed by atoms with Gasteiger partial charge >= 0.3 is 17.8 Å². The van der Waals surface area contributed by atoms with Gasteiger partial charge in [-0.2, -0.15) is 4.52 Å². The lowest BCUT2D eigenvalue weighted by molar-refractivity contribution is 0.0695. The Morgan fingerprint density at radius 3 is 2.68 bits per heavy atom. The van der Waals surface area contributed by atoms with E-state index in [0.29, 0.717) is 57.4 Å². The zero-order valence-corrected chi connectivity index (χ0v) is 21.0. The second-order valence-electron chi connectivity index (χ2n) is 8.66. The first-order valence-electron chi connectivity index (χ1n) is 11.9. The van der Waals surface area contributed by atoms with Gasteiger partial charge in [-0.05, 0) is 25.8 Å². The molecule has 38 heavy (non-hydrogen) atoms. The number of benzene rings is 1. The Balaban J connectivity index is 0.00000164. The molecule has 1 aliphatic rings. The van der Waals surface area contributed by atoms with E-state index in [0.717, 1.165) is 12.1 Å². The number of fused-ring (bicyclic) bond motifs is 3. The van der Waals surface area contributed by atoms with Gasteiger partial charge in [0.25, 0.3) is 0 Å². The molecule has 4 aromatic rings. The Kier molecular flexibility index (Phi) is 7.96. The van der Waals surface area contributed by atoms with E-state index in [1.165, 1.54) is 4.52 Å². The van der Waals surface area contributed by atoms with E-state index in [1.807, 2.05) is 11.8 Å². The lowest BCUT2D eigenvalue weighted by atomic mass is 10.1. The van der Waals surface area contributed by atoms with Crippen molar-refractivity contribution < 1.29 is 22.7 Å². The summed E-state index contributed by atoms with van der Waals surface area (Å²) in [5.41, 5.74) is 6.08. The van der Waals surface area contributed by atoms with Crippen molar-refractivity contribution in [2.24, 2.45) is 0 Å². The maximum absolute atomic E-state index is 14.1. The summed E-state index contributed by atoms with van der Waals surface area (Å²) in [6.45, 7) is 4.30. The van der Waals surface area contributed by atoms with E-state index in [1.54, 1.807) is 11.9 Å². The standard InChI is InChI=1S/C22H25F2N9O3.C2H2/c1-12(31(2)20(34)19-28-29-22(36-19)32-6-8-35-9-7-32)4-3-5-16-26-18-14-10-13(23)11-15(24)17(14)27-21(25)33(18)30-16;1-2/h10-12H,3-9H2,1-2H3,(H2,25,27);1-2H/t12-;/m0./s1. The summed E-state index contributed by atoms with van der Waals surface area (Å²) in [6, 6.07) is 2.08. The van der Waals surface area contributed by atoms with Crippen LogP contribution in [0.2, 0.25) is 0 Å². The third-order valence-electron chi connectivity index (χ3n) is 6.25. The Bertz CT molecular complexity index is 1460. The van der Waals surface area contributed by atoms with Crippen LogP contribution in [0.1, 0.15) is 36.3 Å². The molecular weight excluding hydrogens is 500 g/mol. The largest absolute Gasteiger partial charge is 0.399 e. The molecule has 200 valence electrons. The first kappa shape index (κ1) is 26.7. The fraction of sp³-hybridized carbons (Fsp3) is 0.417. The number of rotatable bonds is 7. The van der Waals surface area contributed by atoms with Gasteiger partial charge in [0.15, 0.2) is 17.3 Å². The Labute approximate surface area is 216 Å². The van der Waals surface area contributed by atoms with E-state index in [-0.39, 0.29) is 40.3 Å². The predicted molar refractivity (Wildman–Crippen MR) is 134 cm³/mol. The fourth-order valence-electron chi connectivity index (χ4n) is 4.09. The van der Waals surface area contributed by atoms with Gasteiger partial charge in [0, 0.05) is 38.7 Å². The molecule has 2 N–H and O–H groups in total. The average Bonchev–Trinajstić information content (AvgIpc) is 3.59. The van der Waals surface area contributed by atoms with Gasteiger partial charge in [0.2, 0.25) is 5.95 Å². The fourth-order valence-corrected chi connectivity index (χ4v) is 4.09.